The predicted molar refractivity (Wildman–Crippen MR) is 64.9 cm³/mol. The largest absolute Gasteiger partial charge is 0.468 e. The molecule has 3 nitrogen and oxygen atoms in total. The summed E-state index contributed by atoms with van der Waals surface area (Å²) in [5.74, 6) is 1.92. The van der Waals surface area contributed by atoms with E-state index in [1.54, 1.807) is 6.26 Å². The van der Waals surface area contributed by atoms with E-state index in [0.717, 1.165) is 23.8 Å². The molecule has 0 amide bonds. The van der Waals surface area contributed by atoms with Crippen molar-refractivity contribution in [1.82, 2.24) is 4.90 Å². The van der Waals surface area contributed by atoms with Crippen molar-refractivity contribution in [3.05, 3.63) is 23.7 Å². The molecule has 2 N–H and O–H groups in total. The number of rotatable bonds is 3. The normalized spacial score (nSPS) is 23.2. The standard InChI is InChI=1S/C13H22N2O/c1-11-3-2-6-15(7-4-11)10-13-12(9-14)5-8-16-13/h5,8,11H,2-4,6-7,9-10,14H2,1H3. The summed E-state index contributed by atoms with van der Waals surface area (Å²) in [7, 11) is 0. The molecule has 0 bridgehead atoms. The van der Waals surface area contributed by atoms with E-state index in [9.17, 15) is 0 Å². The number of hydrogen-bond acceptors (Lipinski definition) is 3. The van der Waals surface area contributed by atoms with Crippen LogP contribution in [0.3, 0.4) is 0 Å². The monoisotopic (exact) mass is 222 g/mol. The second-order valence-electron chi connectivity index (χ2n) is 4.89. The van der Waals surface area contributed by atoms with Crippen molar-refractivity contribution in [3.8, 4) is 0 Å². The van der Waals surface area contributed by atoms with Crippen LogP contribution in [0.1, 0.15) is 37.5 Å². The van der Waals surface area contributed by atoms with Crippen LogP contribution in [0.2, 0.25) is 0 Å². The van der Waals surface area contributed by atoms with Gasteiger partial charge in [0, 0.05) is 12.1 Å². The van der Waals surface area contributed by atoms with Gasteiger partial charge < -0.3 is 10.2 Å². The molecule has 1 aliphatic rings. The van der Waals surface area contributed by atoms with E-state index < -0.39 is 0 Å². The third-order valence-electron chi connectivity index (χ3n) is 3.53. The Kier molecular flexibility index (Phi) is 4.02. The zero-order chi connectivity index (χ0) is 11.4. The summed E-state index contributed by atoms with van der Waals surface area (Å²) in [6, 6.07) is 1.98. The highest BCUT2D eigenvalue weighted by Gasteiger charge is 2.16. The molecule has 1 aromatic rings. The molecule has 16 heavy (non-hydrogen) atoms. The van der Waals surface area contributed by atoms with Crippen LogP contribution in [0.15, 0.2) is 16.7 Å². The molecule has 2 rings (SSSR count). The van der Waals surface area contributed by atoms with Crippen LogP contribution in [0.25, 0.3) is 0 Å². The Morgan fingerprint density at radius 2 is 2.31 bits per heavy atom. The maximum Gasteiger partial charge on any atom is 0.122 e. The van der Waals surface area contributed by atoms with E-state index in [1.807, 2.05) is 6.07 Å². The van der Waals surface area contributed by atoms with E-state index in [4.69, 9.17) is 10.2 Å². The SMILES string of the molecule is CC1CCCN(Cc2occc2CN)CC1. The average molecular weight is 222 g/mol. The second-order valence-corrected chi connectivity index (χ2v) is 4.89. The first-order valence-corrected chi connectivity index (χ1v) is 6.27. The highest BCUT2D eigenvalue weighted by molar-refractivity contribution is 5.16. The van der Waals surface area contributed by atoms with Gasteiger partial charge in [0.25, 0.3) is 0 Å². The molecule has 0 radical (unpaired) electrons. The van der Waals surface area contributed by atoms with Crippen molar-refractivity contribution in [3.63, 3.8) is 0 Å². The second kappa shape index (κ2) is 5.51. The molecule has 3 heteroatoms. The molecule has 0 aromatic carbocycles. The minimum Gasteiger partial charge on any atom is -0.468 e. The molecule has 1 aromatic heterocycles. The van der Waals surface area contributed by atoms with Gasteiger partial charge in [-0.05, 0) is 44.3 Å². The van der Waals surface area contributed by atoms with E-state index in [0.29, 0.717) is 6.54 Å². The maximum atomic E-state index is 5.67. The van der Waals surface area contributed by atoms with Crippen molar-refractivity contribution < 1.29 is 4.42 Å². The van der Waals surface area contributed by atoms with Gasteiger partial charge in [0.1, 0.15) is 5.76 Å². The molecule has 1 unspecified atom stereocenters. The lowest BCUT2D eigenvalue weighted by Crippen LogP contribution is -2.24. The quantitative estimate of drug-likeness (QED) is 0.853. The van der Waals surface area contributed by atoms with Crippen LogP contribution >= 0.6 is 0 Å². The molecule has 1 fully saturated rings. The lowest BCUT2D eigenvalue weighted by molar-refractivity contribution is 0.249. The van der Waals surface area contributed by atoms with E-state index in [2.05, 4.69) is 11.8 Å². The molecular formula is C13H22N2O. The minimum atomic E-state index is 0.579. The third kappa shape index (κ3) is 2.86. The minimum absolute atomic E-state index is 0.579. The smallest absolute Gasteiger partial charge is 0.122 e. The zero-order valence-corrected chi connectivity index (χ0v) is 10.1. The fourth-order valence-corrected chi connectivity index (χ4v) is 2.37. The van der Waals surface area contributed by atoms with Crippen molar-refractivity contribution >= 4 is 0 Å². The van der Waals surface area contributed by atoms with E-state index >= 15 is 0 Å². The van der Waals surface area contributed by atoms with Gasteiger partial charge in [-0.1, -0.05) is 6.92 Å². The Bertz CT molecular complexity index is 321. The Labute approximate surface area is 97.6 Å². The predicted octanol–water partition coefficient (Wildman–Crippen LogP) is 2.36. The molecular weight excluding hydrogens is 200 g/mol. The molecule has 1 saturated heterocycles. The summed E-state index contributed by atoms with van der Waals surface area (Å²) in [5, 5.41) is 0. The Morgan fingerprint density at radius 3 is 3.12 bits per heavy atom. The summed E-state index contributed by atoms with van der Waals surface area (Å²) in [4.78, 5) is 2.49. The van der Waals surface area contributed by atoms with Crippen LogP contribution in [0, 0.1) is 5.92 Å². The molecule has 0 aliphatic carbocycles. The summed E-state index contributed by atoms with van der Waals surface area (Å²) >= 11 is 0. The average Bonchev–Trinajstić information content (AvgIpc) is 2.63. The van der Waals surface area contributed by atoms with Crippen LogP contribution in [0.4, 0.5) is 0 Å². The van der Waals surface area contributed by atoms with Crippen molar-refractivity contribution in [1.29, 1.82) is 0 Å². The first-order valence-electron chi connectivity index (χ1n) is 6.27. The van der Waals surface area contributed by atoms with Crippen molar-refractivity contribution in [2.45, 2.75) is 39.3 Å². The molecule has 0 saturated carbocycles. The highest BCUT2D eigenvalue weighted by Crippen LogP contribution is 2.19. The maximum absolute atomic E-state index is 5.67. The van der Waals surface area contributed by atoms with Crippen LogP contribution < -0.4 is 5.73 Å². The molecule has 1 aliphatic heterocycles. The van der Waals surface area contributed by atoms with Gasteiger partial charge in [0.05, 0.1) is 12.8 Å². The first kappa shape index (κ1) is 11.7. The molecule has 90 valence electrons. The first-order chi connectivity index (χ1) is 7.79. The number of furan rings is 1. The van der Waals surface area contributed by atoms with Gasteiger partial charge in [-0.2, -0.15) is 0 Å². The van der Waals surface area contributed by atoms with Gasteiger partial charge in [0.15, 0.2) is 0 Å². The number of nitrogens with two attached hydrogens (primary N) is 1. The van der Waals surface area contributed by atoms with Crippen molar-refractivity contribution in [2.24, 2.45) is 11.7 Å². The number of nitrogens with zero attached hydrogens (tertiary/aromatic N) is 1. The van der Waals surface area contributed by atoms with Gasteiger partial charge in [0.2, 0.25) is 0 Å². The highest BCUT2D eigenvalue weighted by atomic mass is 16.3. The van der Waals surface area contributed by atoms with Gasteiger partial charge in [-0.25, -0.2) is 0 Å². The molecule has 0 spiro atoms. The van der Waals surface area contributed by atoms with Crippen LogP contribution in [-0.2, 0) is 13.1 Å². The Morgan fingerprint density at radius 1 is 1.44 bits per heavy atom. The summed E-state index contributed by atoms with van der Waals surface area (Å²) in [6.07, 6.45) is 5.72. The van der Waals surface area contributed by atoms with Crippen LogP contribution in [-0.4, -0.2) is 18.0 Å². The van der Waals surface area contributed by atoms with E-state index in [-0.39, 0.29) is 0 Å². The molecule has 2 heterocycles. The lowest BCUT2D eigenvalue weighted by atomic mass is 10.0. The fraction of sp³-hybridized carbons (Fsp3) is 0.692. The zero-order valence-electron chi connectivity index (χ0n) is 10.1. The summed E-state index contributed by atoms with van der Waals surface area (Å²) in [5.41, 5.74) is 6.82. The van der Waals surface area contributed by atoms with E-state index in [1.165, 1.54) is 32.4 Å². The van der Waals surface area contributed by atoms with Gasteiger partial charge in [-0.3, -0.25) is 4.90 Å². The Balaban J connectivity index is 1.93. The van der Waals surface area contributed by atoms with Crippen molar-refractivity contribution in [2.75, 3.05) is 13.1 Å². The lowest BCUT2D eigenvalue weighted by Gasteiger charge is -2.19. The summed E-state index contributed by atoms with van der Waals surface area (Å²) in [6.45, 7) is 6.23. The summed E-state index contributed by atoms with van der Waals surface area (Å²) < 4.78 is 5.50. The number of hydrogen-bond donors (Lipinski definition) is 1. The topological polar surface area (TPSA) is 42.4 Å². The fourth-order valence-electron chi connectivity index (χ4n) is 2.37. The third-order valence-corrected chi connectivity index (χ3v) is 3.53. The molecule has 1 atom stereocenters. The number of likely N-dealkylation sites (tertiary alicyclic amines) is 1. The van der Waals surface area contributed by atoms with Gasteiger partial charge in [-0.15, -0.1) is 0 Å². The van der Waals surface area contributed by atoms with Gasteiger partial charge >= 0.3 is 0 Å². The Hall–Kier alpha value is -0.800. The van der Waals surface area contributed by atoms with Crippen LogP contribution in [0.5, 0.6) is 0 Å².